The van der Waals surface area contributed by atoms with E-state index in [0.29, 0.717) is 0 Å². The van der Waals surface area contributed by atoms with E-state index in [1.54, 1.807) is 12.1 Å². The minimum Gasteiger partial charge on any atom is -0.560 e. The second-order valence-electron chi connectivity index (χ2n) is 8.78. The van der Waals surface area contributed by atoms with Crippen molar-refractivity contribution < 1.29 is 30.0 Å². The Labute approximate surface area is 218 Å². The Balaban J connectivity index is 0.000000247. The topological polar surface area (TPSA) is 65.8 Å². The van der Waals surface area contributed by atoms with E-state index in [1.807, 2.05) is 12.1 Å². The van der Waals surface area contributed by atoms with Gasteiger partial charge in [-0.3, -0.25) is 4.98 Å². The van der Waals surface area contributed by atoms with Crippen LogP contribution in [0.25, 0.3) is 33.3 Å². The first-order valence-electron chi connectivity index (χ1n) is 11.1. The molecule has 1 radical (unpaired) electrons. The minimum atomic E-state index is -0.740. The number of para-hydroxylation sites is 1. The second-order valence-corrected chi connectivity index (χ2v) is 8.78. The molecule has 5 aromatic rings. The first-order valence-corrected chi connectivity index (χ1v) is 11.1. The van der Waals surface area contributed by atoms with E-state index >= 15 is 0 Å². The van der Waals surface area contributed by atoms with E-state index in [-0.39, 0.29) is 31.2 Å². The average molecular weight is 637 g/mol. The van der Waals surface area contributed by atoms with Gasteiger partial charge in [-0.05, 0) is 40.3 Å². The zero-order valence-electron chi connectivity index (χ0n) is 19.4. The molecule has 0 unspecified atom stereocenters. The number of hydrogen-bond donors (Lipinski definition) is 0. The molecule has 1 aliphatic rings. The average Bonchev–Trinajstić information content (AvgIpc) is 3.11. The standard InChI is InChI=1S/C24H18N.C6H5NO2.Ir/c1-24(2)20-9-5-4-8-18(20)19-13-11-17(15-21(19)24)23-14-12-16-7-3-6-10-22(16)25-23;8-6(9)5-3-1-2-4-7-5;/h3-10,12-15H,1-2H3;1-4H,(H,8,9);/q-1;;/p+1. The van der Waals surface area contributed by atoms with Gasteiger partial charge in [-0.25, -0.2) is 4.98 Å². The number of hydrogen-bond acceptors (Lipinski definition) is 3. The normalized spacial score (nSPS) is 12.5. The summed E-state index contributed by atoms with van der Waals surface area (Å²) in [6.07, 6.45) is 1.49. The number of benzene rings is 3. The van der Waals surface area contributed by atoms with Crippen LogP contribution < -0.4 is 0 Å². The Morgan fingerprint density at radius 1 is 0.857 bits per heavy atom. The van der Waals surface area contributed by atoms with E-state index in [4.69, 9.17) is 10.1 Å². The fraction of sp³-hybridized carbons (Fsp3) is 0.100. The predicted molar refractivity (Wildman–Crippen MR) is 136 cm³/mol. The summed E-state index contributed by atoms with van der Waals surface area (Å²) in [4.78, 5) is 18.7. The van der Waals surface area contributed by atoms with Gasteiger partial charge in [0.05, 0.1) is 5.52 Å². The van der Waals surface area contributed by atoms with Gasteiger partial charge in [0.2, 0.25) is 5.69 Å². The Kier molecular flexibility index (Phi) is 6.93. The van der Waals surface area contributed by atoms with Gasteiger partial charge in [-0.2, -0.15) is 0 Å². The van der Waals surface area contributed by atoms with Crippen molar-refractivity contribution in [2.24, 2.45) is 0 Å². The molecule has 2 N–H and O–H groups in total. The summed E-state index contributed by atoms with van der Waals surface area (Å²) in [5.74, 6) is -0.740. The van der Waals surface area contributed by atoms with Gasteiger partial charge in [-0.15, -0.1) is 29.3 Å². The van der Waals surface area contributed by atoms with Gasteiger partial charge in [0, 0.05) is 31.1 Å². The molecule has 3 aromatic carbocycles. The molecule has 2 aromatic heterocycles. The van der Waals surface area contributed by atoms with Crippen molar-refractivity contribution in [1.29, 1.82) is 0 Å². The van der Waals surface area contributed by atoms with Crippen LogP contribution in [0.5, 0.6) is 0 Å². The van der Waals surface area contributed by atoms with E-state index in [2.05, 4.69) is 85.6 Å². The van der Waals surface area contributed by atoms with Crippen LogP contribution in [0.4, 0.5) is 0 Å². The molecule has 35 heavy (non-hydrogen) atoms. The van der Waals surface area contributed by atoms with Crippen LogP contribution in [0.3, 0.4) is 0 Å². The smallest absolute Gasteiger partial charge is 0.560 e. The molecule has 1 aliphatic carbocycles. The predicted octanol–water partition coefficient (Wildman–Crippen LogP) is 5.95. The van der Waals surface area contributed by atoms with E-state index in [1.165, 1.54) is 39.9 Å². The maximum Gasteiger partial charge on any atom is 0.567 e. The van der Waals surface area contributed by atoms with Crippen LogP contribution in [-0.2, 0) is 25.5 Å². The Bertz CT molecular complexity index is 1510. The van der Waals surface area contributed by atoms with Crippen LogP contribution in [0, 0.1) is 6.07 Å². The summed E-state index contributed by atoms with van der Waals surface area (Å²) in [5.41, 5.74) is 8.64. The number of nitrogens with zero attached hydrogens (tertiary/aromatic N) is 2. The van der Waals surface area contributed by atoms with Crippen molar-refractivity contribution in [3.63, 3.8) is 0 Å². The molecule has 6 rings (SSSR count). The van der Waals surface area contributed by atoms with E-state index in [0.717, 1.165) is 16.8 Å². The number of carbonyl (C=O) groups excluding carboxylic acids is 1. The first-order chi connectivity index (χ1) is 16.4. The third-order valence-corrected chi connectivity index (χ3v) is 6.29. The Hall–Kier alpha value is -3.66. The van der Waals surface area contributed by atoms with Crippen LogP contribution in [0.1, 0.15) is 35.5 Å². The first kappa shape index (κ1) is 24.5. The molecule has 0 amide bonds. The van der Waals surface area contributed by atoms with Gasteiger partial charge < -0.3 is 5.11 Å². The maximum atomic E-state index is 10.2. The number of aromatic nitrogens is 2. The summed E-state index contributed by atoms with van der Waals surface area (Å²) in [6, 6.07) is 33.9. The molecule has 5 heteroatoms. The van der Waals surface area contributed by atoms with Crippen LogP contribution in [0.15, 0.2) is 97.2 Å². The van der Waals surface area contributed by atoms with E-state index in [9.17, 15) is 4.79 Å². The van der Waals surface area contributed by atoms with Gasteiger partial charge in [0.1, 0.15) is 0 Å². The van der Waals surface area contributed by atoms with Gasteiger partial charge in [-0.1, -0.05) is 85.6 Å². The zero-order valence-corrected chi connectivity index (χ0v) is 21.8. The molecule has 0 spiro atoms. The quantitative estimate of drug-likeness (QED) is 0.178. The van der Waals surface area contributed by atoms with Crippen molar-refractivity contribution in [1.82, 2.24) is 9.97 Å². The molecule has 0 fully saturated rings. The zero-order chi connectivity index (χ0) is 23.7. The largest absolute Gasteiger partial charge is 0.567 e. The summed E-state index contributed by atoms with van der Waals surface area (Å²) in [6.45, 7) is 4.60. The summed E-state index contributed by atoms with van der Waals surface area (Å²) in [5, 5.41) is 7.78. The Morgan fingerprint density at radius 3 is 2.34 bits per heavy atom. The van der Waals surface area contributed by atoms with Crippen molar-refractivity contribution >= 4 is 16.9 Å². The molecule has 0 atom stereocenters. The van der Waals surface area contributed by atoms with Crippen LogP contribution in [0.2, 0.25) is 0 Å². The van der Waals surface area contributed by atoms with E-state index < -0.39 is 5.97 Å². The van der Waals surface area contributed by atoms with Crippen molar-refractivity contribution in [2.45, 2.75) is 19.3 Å². The maximum absolute atomic E-state index is 10.2. The minimum absolute atomic E-state index is 0. The molecule has 0 saturated carbocycles. The molecule has 0 saturated heterocycles. The van der Waals surface area contributed by atoms with Gasteiger partial charge in [0.25, 0.3) is 0 Å². The number of pyridine rings is 2. The molecular formula is C30H24IrN2O2. The molecule has 4 nitrogen and oxygen atoms in total. The monoisotopic (exact) mass is 637 g/mol. The SMILES string of the molecule is CC1(C)c2ccccc2-c2c[c-]c(-c3ccc4ccccc4n3)cc21.O=C([OH2+])c1ccccn1.[Ir]. The summed E-state index contributed by atoms with van der Waals surface area (Å²) in [7, 11) is 0. The fourth-order valence-electron chi connectivity index (χ4n) is 4.50. The van der Waals surface area contributed by atoms with Crippen molar-refractivity contribution in [3.05, 3.63) is 120 Å². The van der Waals surface area contributed by atoms with Gasteiger partial charge in [0.15, 0.2) is 0 Å². The summed E-state index contributed by atoms with van der Waals surface area (Å²) < 4.78 is 0. The molecule has 2 heterocycles. The van der Waals surface area contributed by atoms with Crippen LogP contribution in [-0.4, -0.2) is 21.0 Å². The number of carbonyl (C=O) groups is 1. The number of rotatable bonds is 2. The molecule has 0 bridgehead atoms. The fourth-order valence-corrected chi connectivity index (χ4v) is 4.50. The Morgan fingerprint density at radius 2 is 1.60 bits per heavy atom. The number of fused-ring (bicyclic) bond motifs is 4. The third-order valence-electron chi connectivity index (χ3n) is 6.29. The molecular weight excluding hydrogens is 613 g/mol. The van der Waals surface area contributed by atoms with Gasteiger partial charge >= 0.3 is 5.97 Å². The second kappa shape index (κ2) is 9.91. The van der Waals surface area contributed by atoms with Crippen molar-refractivity contribution in [3.8, 4) is 22.4 Å². The third kappa shape index (κ3) is 4.66. The van der Waals surface area contributed by atoms with Crippen LogP contribution >= 0.6 is 0 Å². The van der Waals surface area contributed by atoms with Crippen molar-refractivity contribution in [2.75, 3.05) is 0 Å². The molecule has 0 aliphatic heterocycles. The molecule has 175 valence electrons. The summed E-state index contributed by atoms with van der Waals surface area (Å²) >= 11 is 0.